The molecule has 1 aromatic heterocycles. The molecule has 2 aromatic rings. The molecular formula is C18H24ClN3O2S. The lowest BCUT2D eigenvalue weighted by molar-refractivity contribution is 0.0709. The first-order valence-electron chi connectivity index (χ1n) is 8.30. The molecule has 1 amide bonds. The Hall–Kier alpha value is -1.63. The van der Waals surface area contributed by atoms with Crippen molar-refractivity contribution in [1.29, 1.82) is 0 Å². The van der Waals surface area contributed by atoms with E-state index in [1.54, 1.807) is 0 Å². The van der Waals surface area contributed by atoms with Crippen LogP contribution in [0.1, 0.15) is 37.2 Å². The van der Waals surface area contributed by atoms with Crippen molar-refractivity contribution >= 4 is 29.7 Å². The number of carbonyl (C=O) groups excluding carboxylic acids is 1. The number of ether oxygens (including phenoxy) is 1. The van der Waals surface area contributed by atoms with E-state index < -0.39 is 0 Å². The molecule has 0 saturated carbocycles. The monoisotopic (exact) mass is 381 g/mol. The number of hydrogen-bond donors (Lipinski definition) is 1. The topological polar surface area (TPSA) is 68.5 Å². The van der Waals surface area contributed by atoms with Crippen LogP contribution in [-0.4, -0.2) is 41.0 Å². The molecule has 1 fully saturated rings. The molecule has 0 unspecified atom stereocenters. The van der Waals surface area contributed by atoms with Crippen molar-refractivity contribution in [3.63, 3.8) is 0 Å². The molecule has 1 saturated heterocycles. The summed E-state index contributed by atoms with van der Waals surface area (Å²) in [6.45, 7) is 5.43. The zero-order valence-electron chi connectivity index (χ0n) is 14.5. The number of rotatable bonds is 4. The van der Waals surface area contributed by atoms with Gasteiger partial charge in [-0.15, -0.1) is 23.7 Å². The van der Waals surface area contributed by atoms with E-state index in [0.29, 0.717) is 18.8 Å². The van der Waals surface area contributed by atoms with Crippen LogP contribution < -0.4 is 10.5 Å². The Morgan fingerprint density at radius 2 is 1.92 bits per heavy atom. The molecule has 0 radical (unpaired) electrons. The lowest BCUT2D eigenvalue weighted by Gasteiger charge is -2.29. The number of benzene rings is 1. The van der Waals surface area contributed by atoms with Gasteiger partial charge in [0, 0.05) is 30.1 Å². The number of hydrogen-bond acceptors (Lipinski definition) is 5. The fraction of sp³-hybridized carbons (Fsp3) is 0.444. The first kappa shape index (κ1) is 19.7. The number of piperidine rings is 1. The second-order valence-corrected chi connectivity index (χ2v) is 7.22. The van der Waals surface area contributed by atoms with E-state index in [2.05, 4.69) is 4.98 Å². The van der Waals surface area contributed by atoms with Crippen LogP contribution in [0.15, 0.2) is 29.6 Å². The van der Waals surface area contributed by atoms with Crippen LogP contribution in [0.3, 0.4) is 0 Å². The normalized spacial score (nSPS) is 15.1. The average molecular weight is 382 g/mol. The molecule has 3 rings (SSSR count). The van der Waals surface area contributed by atoms with Crippen molar-refractivity contribution in [3.05, 3.63) is 35.3 Å². The van der Waals surface area contributed by atoms with Gasteiger partial charge in [0.1, 0.15) is 16.5 Å². The van der Waals surface area contributed by atoms with Gasteiger partial charge in [-0.25, -0.2) is 4.98 Å². The van der Waals surface area contributed by atoms with E-state index in [9.17, 15) is 4.79 Å². The average Bonchev–Trinajstić information content (AvgIpc) is 3.05. The molecule has 0 bridgehead atoms. The van der Waals surface area contributed by atoms with E-state index in [-0.39, 0.29) is 30.5 Å². The van der Waals surface area contributed by atoms with Crippen molar-refractivity contribution in [3.8, 4) is 16.3 Å². The van der Waals surface area contributed by atoms with Crippen LogP contribution in [0.2, 0.25) is 0 Å². The fourth-order valence-electron chi connectivity index (χ4n) is 2.72. The van der Waals surface area contributed by atoms with Crippen molar-refractivity contribution in [2.45, 2.75) is 38.8 Å². The molecule has 25 heavy (non-hydrogen) atoms. The van der Waals surface area contributed by atoms with Crippen molar-refractivity contribution < 1.29 is 9.53 Å². The quantitative estimate of drug-likeness (QED) is 0.878. The van der Waals surface area contributed by atoms with Gasteiger partial charge in [0.2, 0.25) is 0 Å². The SMILES string of the molecule is CC(C)Oc1ccc(-c2nc(C(=O)N3CCC(N)CC3)cs2)cc1.Cl. The summed E-state index contributed by atoms with van der Waals surface area (Å²) in [4.78, 5) is 18.9. The highest BCUT2D eigenvalue weighted by molar-refractivity contribution is 7.13. The van der Waals surface area contributed by atoms with Gasteiger partial charge in [0.25, 0.3) is 5.91 Å². The van der Waals surface area contributed by atoms with Crippen LogP contribution in [0.5, 0.6) is 5.75 Å². The highest BCUT2D eigenvalue weighted by Gasteiger charge is 2.23. The summed E-state index contributed by atoms with van der Waals surface area (Å²) in [5, 5.41) is 2.69. The van der Waals surface area contributed by atoms with Crippen molar-refractivity contribution in [1.82, 2.24) is 9.88 Å². The van der Waals surface area contributed by atoms with Gasteiger partial charge in [-0.1, -0.05) is 0 Å². The second kappa shape index (κ2) is 8.65. The molecule has 1 aromatic carbocycles. The van der Waals surface area contributed by atoms with Gasteiger partial charge in [0.05, 0.1) is 6.10 Å². The van der Waals surface area contributed by atoms with E-state index in [1.165, 1.54) is 11.3 Å². The number of halogens is 1. The molecule has 5 nitrogen and oxygen atoms in total. The van der Waals surface area contributed by atoms with Crippen LogP contribution in [0.4, 0.5) is 0 Å². The summed E-state index contributed by atoms with van der Waals surface area (Å²) < 4.78 is 5.65. The van der Waals surface area contributed by atoms with E-state index >= 15 is 0 Å². The number of carbonyl (C=O) groups is 1. The largest absolute Gasteiger partial charge is 0.491 e. The summed E-state index contributed by atoms with van der Waals surface area (Å²) >= 11 is 1.49. The standard InChI is InChI=1S/C18H23N3O2S.ClH/c1-12(2)23-15-5-3-13(4-6-15)17-20-16(11-24-17)18(22)21-9-7-14(19)8-10-21;/h3-6,11-12,14H,7-10,19H2,1-2H3;1H. The van der Waals surface area contributed by atoms with Gasteiger partial charge < -0.3 is 15.4 Å². The molecule has 2 N–H and O–H groups in total. The van der Waals surface area contributed by atoms with Gasteiger partial charge in [-0.3, -0.25) is 4.79 Å². The highest BCUT2D eigenvalue weighted by Crippen LogP contribution is 2.27. The fourth-order valence-corrected chi connectivity index (χ4v) is 3.52. The third kappa shape index (κ3) is 4.93. The molecule has 0 aliphatic carbocycles. The highest BCUT2D eigenvalue weighted by atomic mass is 35.5. The Labute approximate surface area is 158 Å². The first-order chi connectivity index (χ1) is 11.5. The Morgan fingerprint density at radius 3 is 2.52 bits per heavy atom. The molecule has 2 heterocycles. The zero-order chi connectivity index (χ0) is 17.1. The number of likely N-dealkylation sites (tertiary alicyclic amines) is 1. The maximum absolute atomic E-state index is 12.5. The maximum Gasteiger partial charge on any atom is 0.273 e. The Balaban J connectivity index is 0.00000225. The minimum Gasteiger partial charge on any atom is -0.491 e. The first-order valence-corrected chi connectivity index (χ1v) is 9.18. The van der Waals surface area contributed by atoms with E-state index in [0.717, 1.165) is 29.2 Å². The Kier molecular flexibility index (Phi) is 6.81. The molecular weight excluding hydrogens is 358 g/mol. The molecule has 1 aliphatic rings. The van der Waals surface area contributed by atoms with Gasteiger partial charge in [-0.2, -0.15) is 0 Å². The molecule has 7 heteroatoms. The van der Waals surface area contributed by atoms with Gasteiger partial charge >= 0.3 is 0 Å². The maximum atomic E-state index is 12.5. The van der Waals surface area contributed by atoms with Crippen LogP contribution in [-0.2, 0) is 0 Å². The second-order valence-electron chi connectivity index (χ2n) is 6.36. The minimum atomic E-state index is 0. The van der Waals surface area contributed by atoms with Crippen LogP contribution in [0.25, 0.3) is 10.6 Å². The Bertz CT molecular complexity index is 695. The van der Waals surface area contributed by atoms with E-state index in [1.807, 2.05) is 48.4 Å². The number of nitrogens with two attached hydrogens (primary N) is 1. The number of thiazole rings is 1. The number of aromatic nitrogens is 1. The lowest BCUT2D eigenvalue weighted by atomic mass is 10.1. The van der Waals surface area contributed by atoms with Crippen LogP contribution >= 0.6 is 23.7 Å². The summed E-state index contributed by atoms with van der Waals surface area (Å²) in [5.41, 5.74) is 7.41. The number of amides is 1. The summed E-state index contributed by atoms with van der Waals surface area (Å²) in [6.07, 6.45) is 1.87. The van der Waals surface area contributed by atoms with Gasteiger partial charge in [-0.05, 0) is 51.0 Å². The minimum absolute atomic E-state index is 0. The molecule has 136 valence electrons. The number of nitrogens with zero attached hydrogens (tertiary/aromatic N) is 2. The summed E-state index contributed by atoms with van der Waals surface area (Å²) in [5.74, 6) is 0.843. The third-order valence-corrected chi connectivity index (χ3v) is 4.91. The van der Waals surface area contributed by atoms with Crippen LogP contribution in [0, 0.1) is 0 Å². The summed E-state index contributed by atoms with van der Waals surface area (Å²) in [7, 11) is 0. The lowest BCUT2D eigenvalue weighted by Crippen LogP contribution is -2.42. The van der Waals surface area contributed by atoms with Crippen molar-refractivity contribution in [2.24, 2.45) is 5.73 Å². The zero-order valence-corrected chi connectivity index (χ0v) is 16.1. The van der Waals surface area contributed by atoms with Gasteiger partial charge in [0.15, 0.2) is 0 Å². The molecule has 0 atom stereocenters. The predicted molar refractivity (Wildman–Crippen MR) is 104 cm³/mol. The van der Waals surface area contributed by atoms with Crippen molar-refractivity contribution in [2.75, 3.05) is 13.1 Å². The van der Waals surface area contributed by atoms with E-state index in [4.69, 9.17) is 10.5 Å². The third-order valence-electron chi connectivity index (χ3n) is 4.02. The molecule has 1 aliphatic heterocycles. The summed E-state index contributed by atoms with van der Waals surface area (Å²) in [6, 6.07) is 8.04. The predicted octanol–water partition coefficient (Wildman–Crippen LogP) is 3.58. The smallest absolute Gasteiger partial charge is 0.273 e. The molecule has 0 spiro atoms. The Morgan fingerprint density at radius 1 is 1.28 bits per heavy atom.